The van der Waals surface area contributed by atoms with E-state index in [4.69, 9.17) is 0 Å². The van der Waals surface area contributed by atoms with Gasteiger partial charge >= 0.3 is 0 Å². The Balaban J connectivity index is 2.90. The summed E-state index contributed by atoms with van der Waals surface area (Å²) in [6, 6.07) is 8.27. The first-order valence-electron chi connectivity index (χ1n) is 4.57. The SMILES string of the molecule is C=CCc1ccccc1C=NCC. The second-order valence-electron chi connectivity index (χ2n) is 2.82. The maximum atomic E-state index is 4.23. The first kappa shape index (κ1) is 9.72. The maximum Gasteiger partial charge on any atom is 0.0361 e. The molecule has 0 heterocycles. The zero-order chi connectivity index (χ0) is 9.52. The van der Waals surface area contributed by atoms with Crippen LogP contribution in [-0.4, -0.2) is 12.8 Å². The number of hydrogen-bond donors (Lipinski definition) is 0. The molecule has 0 aromatic heterocycles. The summed E-state index contributed by atoms with van der Waals surface area (Å²) in [6.45, 7) is 6.60. The van der Waals surface area contributed by atoms with Crippen molar-refractivity contribution in [1.29, 1.82) is 0 Å². The normalized spacial score (nSPS) is 10.5. The summed E-state index contributed by atoms with van der Waals surface area (Å²) >= 11 is 0. The molecule has 0 amide bonds. The van der Waals surface area contributed by atoms with Crippen LogP contribution in [0.4, 0.5) is 0 Å². The maximum absolute atomic E-state index is 4.23. The molecule has 1 nitrogen and oxygen atoms in total. The van der Waals surface area contributed by atoms with Gasteiger partial charge in [0.05, 0.1) is 0 Å². The van der Waals surface area contributed by atoms with Crippen molar-refractivity contribution in [2.75, 3.05) is 6.54 Å². The van der Waals surface area contributed by atoms with Gasteiger partial charge in [0.15, 0.2) is 0 Å². The Morgan fingerprint density at radius 1 is 1.38 bits per heavy atom. The van der Waals surface area contributed by atoms with Gasteiger partial charge in [-0.3, -0.25) is 4.99 Å². The first-order valence-corrected chi connectivity index (χ1v) is 4.57. The van der Waals surface area contributed by atoms with Gasteiger partial charge in [-0.15, -0.1) is 6.58 Å². The minimum atomic E-state index is 0.836. The van der Waals surface area contributed by atoms with Gasteiger partial charge in [-0.1, -0.05) is 30.3 Å². The predicted molar refractivity (Wildman–Crippen MR) is 58.5 cm³/mol. The van der Waals surface area contributed by atoms with Gasteiger partial charge in [0.25, 0.3) is 0 Å². The van der Waals surface area contributed by atoms with Crippen LogP contribution in [0.1, 0.15) is 18.1 Å². The summed E-state index contributed by atoms with van der Waals surface area (Å²) in [5.74, 6) is 0. The third-order valence-electron chi connectivity index (χ3n) is 1.83. The van der Waals surface area contributed by atoms with Gasteiger partial charge in [-0.05, 0) is 24.5 Å². The summed E-state index contributed by atoms with van der Waals surface area (Å²) in [6.07, 6.45) is 4.75. The monoisotopic (exact) mass is 173 g/mol. The number of allylic oxidation sites excluding steroid dienone is 1. The van der Waals surface area contributed by atoms with E-state index >= 15 is 0 Å². The molecule has 0 aliphatic carbocycles. The average Bonchev–Trinajstić information content (AvgIpc) is 2.17. The van der Waals surface area contributed by atoms with Crippen molar-refractivity contribution in [2.24, 2.45) is 4.99 Å². The fourth-order valence-electron chi connectivity index (χ4n) is 1.19. The zero-order valence-electron chi connectivity index (χ0n) is 8.03. The molecular formula is C12H15N. The van der Waals surface area contributed by atoms with Crippen molar-refractivity contribution in [2.45, 2.75) is 13.3 Å². The lowest BCUT2D eigenvalue weighted by Crippen LogP contribution is -1.90. The Hall–Kier alpha value is -1.37. The van der Waals surface area contributed by atoms with Crippen LogP contribution >= 0.6 is 0 Å². The van der Waals surface area contributed by atoms with E-state index in [1.807, 2.05) is 31.3 Å². The van der Waals surface area contributed by atoms with Gasteiger partial charge in [0, 0.05) is 12.8 Å². The second kappa shape index (κ2) is 5.31. The van der Waals surface area contributed by atoms with Crippen LogP contribution in [-0.2, 0) is 6.42 Å². The van der Waals surface area contributed by atoms with Crippen molar-refractivity contribution < 1.29 is 0 Å². The Morgan fingerprint density at radius 2 is 2.15 bits per heavy atom. The fraction of sp³-hybridized carbons (Fsp3) is 0.250. The van der Waals surface area contributed by atoms with Gasteiger partial charge in [0.1, 0.15) is 0 Å². The predicted octanol–water partition coefficient (Wildman–Crippen LogP) is 2.85. The highest BCUT2D eigenvalue weighted by Crippen LogP contribution is 2.07. The molecule has 0 fully saturated rings. The number of benzene rings is 1. The van der Waals surface area contributed by atoms with Crippen LogP contribution in [0.2, 0.25) is 0 Å². The molecule has 0 N–H and O–H groups in total. The van der Waals surface area contributed by atoms with Crippen LogP contribution in [0.15, 0.2) is 41.9 Å². The number of rotatable bonds is 4. The van der Waals surface area contributed by atoms with E-state index in [1.165, 1.54) is 11.1 Å². The molecular weight excluding hydrogens is 158 g/mol. The molecule has 1 aromatic carbocycles. The number of nitrogens with zero attached hydrogens (tertiary/aromatic N) is 1. The molecule has 0 spiro atoms. The van der Waals surface area contributed by atoms with E-state index < -0.39 is 0 Å². The highest BCUT2D eigenvalue weighted by atomic mass is 14.7. The van der Waals surface area contributed by atoms with Crippen molar-refractivity contribution >= 4 is 6.21 Å². The molecule has 1 heteroatoms. The lowest BCUT2D eigenvalue weighted by Gasteiger charge is -2.01. The molecule has 0 bridgehead atoms. The lowest BCUT2D eigenvalue weighted by atomic mass is 10.1. The Kier molecular flexibility index (Phi) is 3.97. The third-order valence-corrected chi connectivity index (χ3v) is 1.83. The van der Waals surface area contributed by atoms with Crippen LogP contribution in [0.5, 0.6) is 0 Å². The molecule has 1 aromatic rings. The molecule has 68 valence electrons. The average molecular weight is 173 g/mol. The number of aliphatic imine (C=N–C) groups is 1. The van der Waals surface area contributed by atoms with Crippen LogP contribution in [0.3, 0.4) is 0 Å². The smallest absolute Gasteiger partial charge is 0.0361 e. The molecule has 13 heavy (non-hydrogen) atoms. The summed E-state index contributed by atoms with van der Waals surface area (Å²) < 4.78 is 0. The highest BCUT2D eigenvalue weighted by molar-refractivity contribution is 5.81. The van der Waals surface area contributed by atoms with Gasteiger partial charge < -0.3 is 0 Å². The van der Waals surface area contributed by atoms with Gasteiger partial charge in [-0.2, -0.15) is 0 Å². The Bertz CT molecular complexity index is 300. The summed E-state index contributed by atoms with van der Waals surface area (Å²) in [7, 11) is 0. The van der Waals surface area contributed by atoms with E-state index in [2.05, 4.69) is 23.7 Å². The largest absolute Gasteiger partial charge is 0.293 e. The van der Waals surface area contributed by atoms with E-state index in [9.17, 15) is 0 Å². The van der Waals surface area contributed by atoms with Crippen LogP contribution < -0.4 is 0 Å². The summed E-state index contributed by atoms with van der Waals surface area (Å²) in [5.41, 5.74) is 2.49. The quantitative estimate of drug-likeness (QED) is 0.490. The molecule has 1 rings (SSSR count). The van der Waals surface area contributed by atoms with E-state index in [0.29, 0.717) is 0 Å². The van der Waals surface area contributed by atoms with Crippen molar-refractivity contribution in [1.82, 2.24) is 0 Å². The summed E-state index contributed by atoms with van der Waals surface area (Å²) in [4.78, 5) is 4.23. The Morgan fingerprint density at radius 3 is 2.85 bits per heavy atom. The molecule has 0 aliphatic rings. The third kappa shape index (κ3) is 2.86. The van der Waals surface area contributed by atoms with Crippen molar-refractivity contribution in [3.63, 3.8) is 0 Å². The fourth-order valence-corrected chi connectivity index (χ4v) is 1.19. The van der Waals surface area contributed by atoms with E-state index in [0.717, 1.165) is 13.0 Å². The molecule has 0 atom stereocenters. The minimum Gasteiger partial charge on any atom is -0.293 e. The molecule has 0 saturated heterocycles. The number of hydrogen-bond acceptors (Lipinski definition) is 1. The van der Waals surface area contributed by atoms with Crippen LogP contribution in [0, 0.1) is 0 Å². The lowest BCUT2D eigenvalue weighted by molar-refractivity contribution is 1.14. The zero-order valence-corrected chi connectivity index (χ0v) is 8.03. The second-order valence-corrected chi connectivity index (χ2v) is 2.82. The summed E-state index contributed by atoms with van der Waals surface area (Å²) in [5, 5.41) is 0. The van der Waals surface area contributed by atoms with Crippen molar-refractivity contribution in [3.8, 4) is 0 Å². The van der Waals surface area contributed by atoms with Crippen molar-refractivity contribution in [3.05, 3.63) is 48.0 Å². The standard InChI is InChI=1S/C12H15N/c1-3-7-11-8-5-6-9-12(11)10-13-4-2/h3,5-6,8-10H,1,4,7H2,2H3. The molecule has 0 unspecified atom stereocenters. The van der Waals surface area contributed by atoms with Crippen LogP contribution in [0.25, 0.3) is 0 Å². The first-order chi connectivity index (χ1) is 6.38. The van der Waals surface area contributed by atoms with E-state index in [1.54, 1.807) is 0 Å². The van der Waals surface area contributed by atoms with E-state index in [-0.39, 0.29) is 0 Å². The minimum absolute atomic E-state index is 0.836. The molecule has 0 aliphatic heterocycles. The van der Waals surface area contributed by atoms with Gasteiger partial charge in [-0.25, -0.2) is 0 Å². The highest BCUT2D eigenvalue weighted by Gasteiger charge is 1.95. The Labute approximate surface area is 79.8 Å². The molecule has 0 radical (unpaired) electrons. The molecule has 0 saturated carbocycles. The topological polar surface area (TPSA) is 12.4 Å². The van der Waals surface area contributed by atoms with Gasteiger partial charge in [0.2, 0.25) is 0 Å².